The van der Waals surface area contributed by atoms with Gasteiger partial charge in [0.2, 0.25) is 18.0 Å². The van der Waals surface area contributed by atoms with E-state index in [0.29, 0.717) is 22.9 Å². The number of benzene rings is 1. The number of halogens is 1. The Morgan fingerprint density at radius 1 is 1.21 bits per heavy atom. The summed E-state index contributed by atoms with van der Waals surface area (Å²) in [5, 5.41) is 44.8. The van der Waals surface area contributed by atoms with E-state index in [4.69, 9.17) is 14.2 Å². The number of nitrogens with zero attached hydrogens (tertiary/aromatic N) is 1. The van der Waals surface area contributed by atoms with Crippen LogP contribution in [0.2, 0.25) is 0 Å². The summed E-state index contributed by atoms with van der Waals surface area (Å²) in [6, 6.07) is 4.36. The number of thiazole rings is 1. The van der Waals surface area contributed by atoms with Gasteiger partial charge in [-0.15, -0.1) is 11.3 Å². The third-order valence-electron chi connectivity index (χ3n) is 7.75. The van der Waals surface area contributed by atoms with Crippen molar-refractivity contribution in [2.45, 2.75) is 87.8 Å². The summed E-state index contributed by atoms with van der Waals surface area (Å²) in [5.74, 6) is -3.22. The number of carbonyl (C=O) groups is 1. The van der Waals surface area contributed by atoms with E-state index in [9.17, 15) is 24.5 Å². The second kappa shape index (κ2) is 11.3. The van der Waals surface area contributed by atoms with Crippen molar-refractivity contribution in [2.75, 3.05) is 12.4 Å². The third kappa shape index (κ3) is 5.55. The molecule has 0 radical (unpaired) electrons. The van der Waals surface area contributed by atoms with Crippen molar-refractivity contribution in [2.24, 2.45) is 5.92 Å². The smallest absolute Gasteiger partial charge is 0.239 e. The topological polar surface area (TPSA) is 154 Å². The molecule has 1 aromatic heterocycles. The van der Waals surface area contributed by atoms with Gasteiger partial charge in [-0.05, 0) is 51.1 Å². The van der Waals surface area contributed by atoms with Crippen molar-refractivity contribution in [3.8, 4) is 0 Å². The first kappa shape index (κ1) is 28.3. The SMILES string of the molecule is CC[C@@H]1[C@H](O)[C@H](NC)C2O[C@]3(O)C(OC2[C@H]1O)O[C@H](C)C[C@H]3NC(=O)Cc1csc(Nc2ccc(F)cc2)n1. The lowest BCUT2D eigenvalue weighted by Crippen LogP contribution is -2.77. The fourth-order valence-corrected chi connectivity index (χ4v) is 6.48. The summed E-state index contributed by atoms with van der Waals surface area (Å²) >= 11 is 1.31. The van der Waals surface area contributed by atoms with E-state index in [-0.39, 0.29) is 30.7 Å². The van der Waals surface area contributed by atoms with E-state index in [2.05, 4.69) is 20.9 Å². The number of likely N-dealkylation sites (N-methyl/N-ethyl adjacent to an activating group) is 1. The zero-order valence-electron chi connectivity index (χ0n) is 21.9. The maximum Gasteiger partial charge on any atom is 0.239 e. The number of carbonyl (C=O) groups excluding carboxylic acids is 1. The number of aliphatic hydroxyl groups is 3. The van der Waals surface area contributed by atoms with Crippen LogP contribution in [0.25, 0.3) is 0 Å². The number of rotatable bonds is 7. The lowest BCUT2D eigenvalue weighted by molar-refractivity contribution is -0.450. The molecule has 13 heteroatoms. The Morgan fingerprint density at radius 3 is 2.64 bits per heavy atom. The molecule has 3 heterocycles. The zero-order chi connectivity index (χ0) is 27.9. The van der Waals surface area contributed by atoms with E-state index in [1.807, 2.05) is 6.92 Å². The van der Waals surface area contributed by atoms with E-state index >= 15 is 0 Å². The molecular weight excluding hydrogens is 531 g/mol. The monoisotopic (exact) mass is 566 g/mol. The van der Waals surface area contributed by atoms with Gasteiger partial charge in [0.25, 0.3) is 0 Å². The Bertz CT molecular complexity index is 1160. The Kier molecular flexibility index (Phi) is 8.23. The fourth-order valence-electron chi connectivity index (χ4n) is 5.75. The predicted octanol–water partition coefficient (Wildman–Crippen LogP) is 1.01. The molecule has 11 nitrogen and oxygen atoms in total. The molecule has 3 aliphatic rings. The van der Waals surface area contributed by atoms with Crippen LogP contribution >= 0.6 is 11.3 Å². The number of ether oxygens (including phenoxy) is 3. The molecule has 2 aliphatic heterocycles. The molecule has 1 aliphatic carbocycles. The minimum absolute atomic E-state index is 0.0459. The second-order valence-corrected chi connectivity index (χ2v) is 11.2. The van der Waals surface area contributed by atoms with Crippen molar-refractivity contribution >= 4 is 28.1 Å². The Morgan fingerprint density at radius 2 is 1.95 bits per heavy atom. The maximum absolute atomic E-state index is 13.2. The van der Waals surface area contributed by atoms with Gasteiger partial charge in [0.15, 0.2) is 5.13 Å². The average molecular weight is 567 g/mol. The highest BCUT2D eigenvalue weighted by Crippen LogP contribution is 2.43. The highest BCUT2D eigenvalue weighted by molar-refractivity contribution is 7.13. The lowest BCUT2D eigenvalue weighted by Gasteiger charge is -2.58. The molecule has 214 valence electrons. The Labute approximate surface area is 229 Å². The van der Waals surface area contributed by atoms with Crippen LogP contribution in [-0.4, -0.2) is 87.9 Å². The number of fused-ring (bicyclic) bond motifs is 2. The summed E-state index contributed by atoms with van der Waals surface area (Å²) in [7, 11) is 1.67. The number of hydrogen-bond acceptors (Lipinski definition) is 11. The van der Waals surface area contributed by atoms with Gasteiger partial charge in [-0.1, -0.05) is 6.92 Å². The lowest BCUT2D eigenvalue weighted by atomic mass is 9.74. The number of hydrogen-bond donors (Lipinski definition) is 6. The van der Waals surface area contributed by atoms with Crippen molar-refractivity contribution in [3.05, 3.63) is 41.2 Å². The van der Waals surface area contributed by atoms with Gasteiger partial charge in [-0.3, -0.25) is 4.79 Å². The van der Waals surface area contributed by atoms with Crippen LogP contribution in [0.1, 0.15) is 32.4 Å². The van der Waals surface area contributed by atoms with Gasteiger partial charge >= 0.3 is 0 Å². The highest BCUT2D eigenvalue weighted by Gasteiger charge is 2.63. The van der Waals surface area contributed by atoms with Crippen molar-refractivity contribution in [1.82, 2.24) is 15.6 Å². The van der Waals surface area contributed by atoms with Gasteiger partial charge in [-0.2, -0.15) is 0 Å². The highest BCUT2D eigenvalue weighted by atomic mass is 32.1. The average Bonchev–Trinajstić information content (AvgIpc) is 3.32. The Hall–Kier alpha value is -2.23. The molecule has 2 aromatic rings. The molecule has 3 unspecified atom stereocenters. The van der Waals surface area contributed by atoms with Gasteiger partial charge in [0, 0.05) is 17.0 Å². The van der Waals surface area contributed by atoms with Gasteiger partial charge < -0.3 is 45.5 Å². The van der Waals surface area contributed by atoms with E-state index < -0.39 is 54.5 Å². The van der Waals surface area contributed by atoms with Crippen LogP contribution in [0, 0.1) is 11.7 Å². The standard InChI is InChI=1S/C26H35FN4O7S/c1-4-16-20(33)19(28-3)22-23(21(16)34)37-24-26(35,38-22)17(9-12(2)36-24)31-18(32)10-15-11-39-25(30-15)29-14-7-5-13(27)6-8-14/h5-8,11-12,16-17,19-24,28,33-35H,4,9-10H2,1-3H3,(H,29,30)(H,31,32)/t12-,16-,17-,19+,20+,21+,22?,23?,24?,26+/m1/s1. The summed E-state index contributed by atoms with van der Waals surface area (Å²) in [6.07, 6.45) is -4.59. The van der Waals surface area contributed by atoms with E-state index in [0.717, 1.165) is 0 Å². The van der Waals surface area contributed by atoms with Crippen LogP contribution in [-0.2, 0) is 25.4 Å². The molecule has 2 saturated heterocycles. The number of amides is 1. The third-order valence-corrected chi connectivity index (χ3v) is 8.56. The first-order chi connectivity index (χ1) is 18.6. The van der Waals surface area contributed by atoms with Crippen LogP contribution in [0.3, 0.4) is 0 Å². The fraction of sp³-hybridized carbons (Fsp3) is 0.615. The second-order valence-electron chi connectivity index (χ2n) is 10.4. The molecule has 39 heavy (non-hydrogen) atoms. The predicted molar refractivity (Wildman–Crippen MR) is 140 cm³/mol. The number of anilines is 2. The summed E-state index contributed by atoms with van der Waals surface area (Å²) in [5.41, 5.74) is 1.19. The molecule has 5 rings (SSSR count). The van der Waals surface area contributed by atoms with Crippen LogP contribution in [0.4, 0.5) is 15.2 Å². The number of aromatic nitrogens is 1. The van der Waals surface area contributed by atoms with Crippen LogP contribution in [0.15, 0.2) is 29.6 Å². The van der Waals surface area contributed by atoms with Crippen molar-refractivity contribution < 1.29 is 38.7 Å². The van der Waals surface area contributed by atoms with E-state index in [1.165, 1.54) is 23.5 Å². The van der Waals surface area contributed by atoms with Gasteiger partial charge in [0.1, 0.15) is 18.0 Å². The zero-order valence-corrected chi connectivity index (χ0v) is 22.7. The van der Waals surface area contributed by atoms with Crippen molar-refractivity contribution in [3.63, 3.8) is 0 Å². The molecular formula is C26H35FN4O7S. The van der Waals surface area contributed by atoms with Crippen molar-refractivity contribution in [1.29, 1.82) is 0 Å². The molecule has 1 amide bonds. The summed E-state index contributed by atoms with van der Waals surface area (Å²) in [4.78, 5) is 17.5. The van der Waals surface area contributed by atoms with E-state index in [1.54, 1.807) is 31.5 Å². The Balaban J connectivity index is 1.28. The number of nitrogens with one attached hydrogen (secondary N) is 3. The minimum atomic E-state index is -2.05. The first-order valence-corrected chi connectivity index (χ1v) is 14.0. The largest absolute Gasteiger partial charge is 0.391 e. The molecule has 0 bridgehead atoms. The molecule has 10 atom stereocenters. The normalized spacial score (nSPS) is 38.0. The van der Waals surface area contributed by atoms with Crippen LogP contribution < -0.4 is 16.0 Å². The number of aliphatic hydroxyl groups excluding tert-OH is 2. The molecule has 6 N–H and O–H groups in total. The maximum atomic E-state index is 13.2. The minimum Gasteiger partial charge on any atom is -0.391 e. The van der Waals surface area contributed by atoms with Gasteiger partial charge in [-0.25, -0.2) is 9.37 Å². The molecule has 0 spiro atoms. The molecule has 1 saturated carbocycles. The summed E-state index contributed by atoms with van der Waals surface area (Å²) in [6.45, 7) is 3.67. The van der Waals surface area contributed by atoms with Gasteiger partial charge in [0.05, 0.1) is 42.5 Å². The molecule has 3 fully saturated rings. The first-order valence-electron chi connectivity index (χ1n) is 13.1. The summed E-state index contributed by atoms with van der Waals surface area (Å²) < 4.78 is 31.3. The quantitative estimate of drug-likeness (QED) is 0.286. The van der Waals surface area contributed by atoms with Crippen LogP contribution in [0.5, 0.6) is 0 Å². The molecule has 1 aromatic carbocycles.